The standard InChI is InChI=1S/C33H53NO4/c1-7-30(35)37-20-19-34-31(36)38-25-15-17-32(5)24(21-25)11-12-26-28-14-13-27(23(4)10-8-9-22(2)3)33(28,6)18-16-29(26)32/h7,11,22-23,25-29H,1,8-10,12-21H2,2-6H3,(H,34,36). The molecule has 5 heteroatoms. The maximum absolute atomic E-state index is 12.3. The monoisotopic (exact) mass is 527 g/mol. The maximum Gasteiger partial charge on any atom is 0.407 e. The van der Waals surface area contributed by atoms with Crippen LogP contribution in [0.15, 0.2) is 24.3 Å². The van der Waals surface area contributed by atoms with Crippen LogP contribution in [0.25, 0.3) is 0 Å². The first-order valence-corrected chi connectivity index (χ1v) is 15.5. The molecule has 0 radical (unpaired) electrons. The van der Waals surface area contributed by atoms with E-state index < -0.39 is 12.1 Å². The third-order valence-electron chi connectivity index (χ3n) is 11.3. The first kappa shape index (κ1) is 29.2. The van der Waals surface area contributed by atoms with E-state index >= 15 is 0 Å². The van der Waals surface area contributed by atoms with Gasteiger partial charge in [0.2, 0.25) is 0 Å². The van der Waals surface area contributed by atoms with Gasteiger partial charge in [0, 0.05) is 12.5 Å². The Bertz CT molecular complexity index is 895. The van der Waals surface area contributed by atoms with Crippen LogP contribution in [-0.4, -0.2) is 31.3 Å². The van der Waals surface area contributed by atoms with E-state index in [9.17, 15) is 9.59 Å². The summed E-state index contributed by atoms with van der Waals surface area (Å²) >= 11 is 0. The van der Waals surface area contributed by atoms with Crippen molar-refractivity contribution < 1.29 is 19.1 Å². The van der Waals surface area contributed by atoms with Gasteiger partial charge in [0.25, 0.3) is 0 Å². The van der Waals surface area contributed by atoms with Gasteiger partial charge < -0.3 is 14.8 Å². The number of hydrogen-bond acceptors (Lipinski definition) is 4. The molecule has 5 nitrogen and oxygen atoms in total. The van der Waals surface area contributed by atoms with Crippen LogP contribution < -0.4 is 5.32 Å². The van der Waals surface area contributed by atoms with Crippen LogP contribution in [0.4, 0.5) is 4.79 Å². The molecule has 8 atom stereocenters. The molecular weight excluding hydrogens is 474 g/mol. The van der Waals surface area contributed by atoms with E-state index in [2.05, 4.69) is 52.6 Å². The van der Waals surface area contributed by atoms with E-state index in [4.69, 9.17) is 9.47 Å². The number of amides is 1. The zero-order valence-corrected chi connectivity index (χ0v) is 24.7. The normalized spacial score (nSPS) is 36.8. The van der Waals surface area contributed by atoms with Crippen molar-refractivity contribution in [3.63, 3.8) is 0 Å². The largest absolute Gasteiger partial charge is 0.461 e. The van der Waals surface area contributed by atoms with Crippen molar-refractivity contribution in [2.75, 3.05) is 13.2 Å². The summed E-state index contributed by atoms with van der Waals surface area (Å²) in [6.45, 7) is 16.2. The molecule has 38 heavy (non-hydrogen) atoms. The number of esters is 1. The van der Waals surface area contributed by atoms with Gasteiger partial charge in [-0.05, 0) is 91.3 Å². The average Bonchev–Trinajstić information content (AvgIpc) is 3.23. The van der Waals surface area contributed by atoms with Gasteiger partial charge in [0.1, 0.15) is 12.7 Å². The van der Waals surface area contributed by atoms with Gasteiger partial charge in [-0.3, -0.25) is 0 Å². The lowest BCUT2D eigenvalue weighted by Gasteiger charge is -2.58. The highest BCUT2D eigenvalue weighted by atomic mass is 16.6. The number of carbonyl (C=O) groups is 2. The van der Waals surface area contributed by atoms with E-state index in [1.807, 2.05) is 0 Å². The van der Waals surface area contributed by atoms with Crippen molar-refractivity contribution in [2.45, 2.75) is 111 Å². The highest BCUT2D eigenvalue weighted by Gasteiger charge is 2.59. The minimum absolute atomic E-state index is 0.0713. The molecule has 0 heterocycles. The molecule has 4 rings (SSSR count). The molecule has 3 saturated carbocycles. The molecule has 1 amide bonds. The highest BCUT2D eigenvalue weighted by molar-refractivity contribution is 5.81. The predicted molar refractivity (Wildman–Crippen MR) is 152 cm³/mol. The van der Waals surface area contributed by atoms with Crippen LogP contribution in [0.1, 0.15) is 105 Å². The third-order valence-corrected chi connectivity index (χ3v) is 11.3. The van der Waals surface area contributed by atoms with Crippen LogP contribution in [-0.2, 0) is 14.3 Å². The fraction of sp³-hybridized carbons (Fsp3) is 0.818. The summed E-state index contributed by atoms with van der Waals surface area (Å²) in [5.74, 6) is 4.52. The second-order valence-corrected chi connectivity index (χ2v) is 13.9. The van der Waals surface area contributed by atoms with Crippen LogP contribution >= 0.6 is 0 Å². The molecule has 4 aliphatic carbocycles. The smallest absolute Gasteiger partial charge is 0.407 e. The quantitative estimate of drug-likeness (QED) is 0.136. The highest BCUT2D eigenvalue weighted by Crippen LogP contribution is 2.67. The predicted octanol–water partition coefficient (Wildman–Crippen LogP) is 7.85. The Morgan fingerprint density at radius 2 is 1.89 bits per heavy atom. The number of hydrogen-bond donors (Lipinski definition) is 1. The van der Waals surface area contributed by atoms with Crippen molar-refractivity contribution >= 4 is 12.1 Å². The summed E-state index contributed by atoms with van der Waals surface area (Å²) in [4.78, 5) is 23.5. The fourth-order valence-electron chi connectivity index (χ4n) is 9.31. The lowest BCUT2D eigenvalue weighted by atomic mass is 9.47. The number of fused-ring (bicyclic) bond motifs is 5. The lowest BCUT2D eigenvalue weighted by Crippen LogP contribution is -2.51. The molecular formula is C33H53NO4. The minimum atomic E-state index is -0.485. The van der Waals surface area contributed by atoms with Gasteiger partial charge in [0.05, 0.1) is 6.54 Å². The molecule has 8 unspecified atom stereocenters. The van der Waals surface area contributed by atoms with Crippen molar-refractivity contribution in [3.8, 4) is 0 Å². The molecule has 0 bridgehead atoms. The molecule has 0 aromatic heterocycles. The summed E-state index contributed by atoms with van der Waals surface area (Å²) in [6, 6.07) is 0. The molecule has 0 aromatic rings. The number of alkyl carbamates (subject to hydrolysis) is 1. The van der Waals surface area contributed by atoms with E-state index in [0.717, 1.165) is 60.8 Å². The van der Waals surface area contributed by atoms with Crippen LogP contribution in [0.2, 0.25) is 0 Å². The molecule has 0 saturated heterocycles. The SMILES string of the molecule is C=CC(=O)OCCNC(=O)OC1CCC2(C)C(=CCC3C2CCC2(C)C(C(C)CCCC(C)C)CCC32)C1. The van der Waals surface area contributed by atoms with Crippen LogP contribution in [0, 0.1) is 46.3 Å². The van der Waals surface area contributed by atoms with Gasteiger partial charge >= 0.3 is 12.1 Å². The van der Waals surface area contributed by atoms with Gasteiger partial charge in [-0.2, -0.15) is 0 Å². The molecule has 3 fully saturated rings. The lowest BCUT2D eigenvalue weighted by molar-refractivity contribution is -0.137. The summed E-state index contributed by atoms with van der Waals surface area (Å²) in [6.07, 6.45) is 17.0. The van der Waals surface area contributed by atoms with Crippen molar-refractivity contribution in [3.05, 3.63) is 24.3 Å². The van der Waals surface area contributed by atoms with E-state index in [1.54, 1.807) is 0 Å². The number of carbonyl (C=O) groups excluding carboxylic acids is 2. The van der Waals surface area contributed by atoms with Gasteiger partial charge in [-0.15, -0.1) is 0 Å². The molecule has 0 spiro atoms. The molecule has 4 aliphatic rings. The van der Waals surface area contributed by atoms with Gasteiger partial charge in [-0.25, -0.2) is 9.59 Å². The maximum atomic E-state index is 12.3. The number of ether oxygens (including phenoxy) is 2. The van der Waals surface area contributed by atoms with Crippen LogP contribution in [0.5, 0.6) is 0 Å². The Kier molecular flexibility index (Phi) is 9.35. The first-order valence-electron chi connectivity index (χ1n) is 15.5. The van der Waals surface area contributed by atoms with Gasteiger partial charge in [0.15, 0.2) is 0 Å². The van der Waals surface area contributed by atoms with Gasteiger partial charge in [-0.1, -0.05) is 72.1 Å². The zero-order chi connectivity index (χ0) is 27.5. The fourth-order valence-corrected chi connectivity index (χ4v) is 9.31. The second-order valence-electron chi connectivity index (χ2n) is 13.9. The number of nitrogens with one attached hydrogen (secondary N) is 1. The third kappa shape index (κ3) is 6.02. The molecule has 1 N–H and O–H groups in total. The van der Waals surface area contributed by atoms with Crippen LogP contribution in [0.3, 0.4) is 0 Å². The summed E-state index contributed by atoms with van der Waals surface area (Å²) in [5.41, 5.74) is 2.29. The second kappa shape index (κ2) is 12.2. The Labute approximate surface area is 231 Å². The Balaban J connectivity index is 1.33. The zero-order valence-electron chi connectivity index (χ0n) is 24.7. The molecule has 214 valence electrons. The van der Waals surface area contributed by atoms with Crippen molar-refractivity contribution in [2.24, 2.45) is 46.3 Å². The van der Waals surface area contributed by atoms with E-state index in [0.29, 0.717) is 5.41 Å². The Hall–Kier alpha value is -1.78. The minimum Gasteiger partial charge on any atom is -0.461 e. The summed E-state index contributed by atoms with van der Waals surface area (Å²) in [5, 5.41) is 2.70. The average molecular weight is 528 g/mol. The van der Waals surface area contributed by atoms with E-state index in [-0.39, 0.29) is 24.7 Å². The molecule has 0 aliphatic heterocycles. The topological polar surface area (TPSA) is 64.6 Å². The number of rotatable bonds is 10. The van der Waals surface area contributed by atoms with Crippen molar-refractivity contribution in [1.29, 1.82) is 0 Å². The Morgan fingerprint density at radius 1 is 1.11 bits per heavy atom. The summed E-state index contributed by atoms with van der Waals surface area (Å²) < 4.78 is 10.7. The summed E-state index contributed by atoms with van der Waals surface area (Å²) in [7, 11) is 0. The van der Waals surface area contributed by atoms with Crippen molar-refractivity contribution in [1.82, 2.24) is 5.32 Å². The number of allylic oxidation sites excluding steroid dienone is 1. The first-order chi connectivity index (χ1) is 18.1. The van der Waals surface area contributed by atoms with E-state index in [1.165, 1.54) is 56.9 Å². The Morgan fingerprint density at radius 3 is 2.63 bits per heavy atom. The molecule has 0 aromatic carbocycles.